The minimum absolute atomic E-state index is 0.0796. The van der Waals surface area contributed by atoms with Gasteiger partial charge in [0, 0.05) is 25.7 Å². The maximum Gasteiger partial charge on any atom is 0.416 e. The Bertz CT molecular complexity index is 649. The van der Waals surface area contributed by atoms with Crippen molar-refractivity contribution in [2.75, 3.05) is 25.9 Å². The molecule has 0 bridgehead atoms. The van der Waals surface area contributed by atoms with Crippen LogP contribution in [0.15, 0.2) is 24.3 Å². The first-order valence-electron chi connectivity index (χ1n) is 7.11. The predicted octanol–water partition coefficient (Wildman–Crippen LogP) is 1.36. The molecule has 0 aromatic heterocycles. The summed E-state index contributed by atoms with van der Waals surface area (Å²) in [6, 6.07) is 4.69. The maximum atomic E-state index is 13.2. The zero-order valence-electron chi connectivity index (χ0n) is 12.5. The van der Waals surface area contributed by atoms with Gasteiger partial charge in [-0.2, -0.15) is 13.2 Å². The fraction of sp³-hybridized carbons (Fsp3) is 0.571. The summed E-state index contributed by atoms with van der Waals surface area (Å²) in [7, 11) is -3.36. The van der Waals surface area contributed by atoms with Gasteiger partial charge in [-0.15, -0.1) is 0 Å². The highest BCUT2D eigenvalue weighted by Gasteiger charge is 2.39. The molecule has 23 heavy (non-hydrogen) atoms. The number of aliphatic hydroxyl groups excluding tert-OH is 1. The standard InChI is InChI=1S/C14H19F3N2O3S/c1-23(21,22)18-6-7-19-9-10(20)8-13(19)11-4-2-3-5-12(11)14(15,16)17/h2-5,10,13,18,20H,6-9H2,1H3/t10-,13+/m0/s1. The van der Waals surface area contributed by atoms with Crippen molar-refractivity contribution in [2.24, 2.45) is 0 Å². The third-order valence-electron chi connectivity index (χ3n) is 3.77. The number of halogens is 3. The number of hydrogen-bond donors (Lipinski definition) is 2. The lowest BCUT2D eigenvalue weighted by Gasteiger charge is -2.26. The number of likely N-dealkylation sites (tertiary alicyclic amines) is 1. The van der Waals surface area contributed by atoms with E-state index in [9.17, 15) is 26.7 Å². The fourth-order valence-electron chi connectivity index (χ4n) is 2.87. The molecule has 0 unspecified atom stereocenters. The maximum absolute atomic E-state index is 13.2. The van der Waals surface area contributed by atoms with E-state index in [1.807, 2.05) is 0 Å². The molecule has 0 radical (unpaired) electrons. The molecular weight excluding hydrogens is 333 g/mol. The zero-order chi connectivity index (χ0) is 17.3. The number of rotatable bonds is 5. The molecular formula is C14H19F3N2O3S. The van der Waals surface area contributed by atoms with Crippen molar-refractivity contribution in [3.8, 4) is 0 Å². The Morgan fingerprint density at radius 1 is 1.35 bits per heavy atom. The molecule has 2 N–H and O–H groups in total. The largest absolute Gasteiger partial charge is 0.416 e. The van der Waals surface area contributed by atoms with E-state index in [1.54, 1.807) is 4.90 Å². The summed E-state index contributed by atoms with van der Waals surface area (Å²) in [6.45, 7) is 0.513. The zero-order valence-corrected chi connectivity index (χ0v) is 13.4. The number of aliphatic hydroxyl groups is 1. The van der Waals surface area contributed by atoms with Crippen LogP contribution in [0.1, 0.15) is 23.6 Å². The van der Waals surface area contributed by atoms with Gasteiger partial charge in [0.15, 0.2) is 0 Å². The molecule has 2 rings (SSSR count). The Kier molecular flexibility index (Phi) is 5.34. The SMILES string of the molecule is CS(=O)(=O)NCCN1C[C@@H](O)C[C@@H]1c1ccccc1C(F)(F)F. The van der Waals surface area contributed by atoms with Gasteiger partial charge in [0.05, 0.1) is 17.9 Å². The van der Waals surface area contributed by atoms with Crippen LogP contribution < -0.4 is 4.72 Å². The van der Waals surface area contributed by atoms with Gasteiger partial charge in [-0.3, -0.25) is 4.90 Å². The molecule has 1 fully saturated rings. The monoisotopic (exact) mass is 352 g/mol. The van der Waals surface area contributed by atoms with Crippen molar-refractivity contribution in [1.82, 2.24) is 9.62 Å². The normalized spacial score (nSPS) is 23.3. The Morgan fingerprint density at radius 2 is 2.00 bits per heavy atom. The quantitative estimate of drug-likeness (QED) is 0.840. The summed E-state index contributed by atoms with van der Waals surface area (Å²) >= 11 is 0. The van der Waals surface area contributed by atoms with E-state index < -0.39 is 33.9 Å². The molecule has 0 amide bonds. The molecule has 2 atom stereocenters. The van der Waals surface area contributed by atoms with Crippen molar-refractivity contribution >= 4 is 10.0 Å². The number of alkyl halides is 3. The van der Waals surface area contributed by atoms with E-state index in [1.165, 1.54) is 18.2 Å². The van der Waals surface area contributed by atoms with Gasteiger partial charge >= 0.3 is 6.18 Å². The Labute approximate surface area is 133 Å². The Morgan fingerprint density at radius 3 is 2.61 bits per heavy atom. The molecule has 1 aliphatic rings. The lowest BCUT2D eigenvalue weighted by molar-refractivity contribution is -0.138. The van der Waals surface area contributed by atoms with Gasteiger partial charge in [-0.05, 0) is 18.1 Å². The van der Waals surface area contributed by atoms with Crippen LogP contribution in [0.25, 0.3) is 0 Å². The van der Waals surface area contributed by atoms with Crippen LogP contribution in [0.5, 0.6) is 0 Å². The third-order valence-corrected chi connectivity index (χ3v) is 4.50. The molecule has 1 saturated heterocycles. The summed E-state index contributed by atoms with van der Waals surface area (Å²) in [6.07, 6.45) is -4.01. The molecule has 0 spiro atoms. The molecule has 1 aromatic carbocycles. The molecule has 0 saturated carbocycles. The second kappa shape index (κ2) is 6.76. The molecule has 1 aliphatic heterocycles. The summed E-state index contributed by atoms with van der Waals surface area (Å²) in [5, 5.41) is 9.82. The highest BCUT2D eigenvalue weighted by Crippen LogP contribution is 2.40. The van der Waals surface area contributed by atoms with E-state index in [0.29, 0.717) is 0 Å². The second-order valence-corrected chi connectivity index (χ2v) is 7.48. The van der Waals surface area contributed by atoms with Crippen molar-refractivity contribution in [1.29, 1.82) is 0 Å². The number of nitrogens with zero attached hydrogens (tertiary/aromatic N) is 1. The van der Waals surface area contributed by atoms with Crippen molar-refractivity contribution < 1.29 is 26.7 Å². The van der Waals surface area contributed by atoms with Crippen LogP contribution in [-0.2, 0) is 16.2 Å². The highest BCUT2D eigenvalue weighted by molar-refractivity contribution is 7.88. The van der Waals surface area contributed by atoms with Crippen LogP contribution in [0.4, 0.5) is 13.2 Å². The first-order valence-corrected chi connectivity index (χ1v) is 9.00. The van der Waals surface area contributed by atoms with Crippen molar-refractivity contribution in [3.05, 3.63) is 35.4 Å². The first kappa shape index (κ1) is 18.2. The van der Waals surface area contributed by atoms with Crippen LogP contribution in [-0.4, -0.2) is 50.4 Å². The minimum Gasteiger partial charge on any atom is -0.392 e. The smallest absolute Gasteiger partial charge is 0.392 e. The van der Waals surface area contributed by atoms with Gasteiger partial charge in [-0.1, -0.05) is 18.2 Å². The Balaban J connectivity index is 2.20. The van der Waals surface area contributed by atoms with Crippen molar-refractivity contribution in [2.45, 2.75) is 24.7 Å². The summed E-state index contributed by atoms with van der Waals surface area (Å²) in [4.78, 5) is 1.67. The predicted molar refractivity (Wildman–Crippen MR) is 79.2 cm³/mol. The average molecular weight is 352 g/mol. The van der Waals surface area contributed by atoms with Crippen LogP contribution in [0.2, 0.25) is 0 Å². The number of β-amino-alcohol motifs (C(OH)–C–C–N with tert-alkyl or cyclic N) is 1. The molecule has 5 nitrogen and oxygen atoms in total. The van der Waals surface area contributed by atoms with E-state index in [0.717, 1.165) is 12.3 Å². The summed E-state index contributed by atoms with van der Waals surface area (Å²) < 4.78 is 63.9. The molecule has 1 heterocycles. The number of nitrogens with one attached hydrogen (secondary N) is 1. The fourth-order valence-corrected chi connectivity index (χ4v) is 3.33. The summed E-state index contributed by atoms with van der Waals surface area (Å²) in [5.74, 6) is 0. The van der Waals surface area contributed by atoms with Gasteiger partial charge in [0.2, 0.25) is 10.0 Å². The average Bonchev–Trinajstić information content (AvgIpc) is 2.77. The van der Waals surface area contributed by atoms with Gasteiger partial charge < -0.3 is 5.11 Å². The minimum atomic E-state index is -4.47. The second-order valence-electron chi connectivity index (χ2n) is 5.65. The van der Waals surface area contributed by atoms with Gasteiger partial charge in [0.1, 0.15) is 0 Å². The third kappa shape index (κ3) is 4.90. The summed E-state index contributed by atoms with van der Waals surface area (Å²) in [5.41, 5.74) is -0.615. The number of sulfonamides is 1. The van der Waals surface area contributed by atoms with Gasteiger partial charge in [0.25, 0.3) is 0 Å². The number of hydrogen-bond acceptors (Lipinski definition) is 4. The highest BCUT2D eigenvalue weighted by atomic mass is 32.2. The lowest BCUT2D eigenvalue weighted by atomic mass is 9.97. The Hall–Kier alpha value is -1.16. The van der Waals surface area contributed by atoms with Crippen LogP contribution in [0, 0.1) is 0 Å². The van der Waals surface area contributed by atoms with E-state index in [4.69, 9.17) is 0 Å². The van der Waals surface area contributed by atoms with E-state index >= 15 is 0 Å². The first-order chi connectivity index (χ1) is 10.6. The molecule has 0 aliphatic carbocycles. The topological polar surface area (TPSA) is 69.6 Å². The van der Waals surface area contributed by atoms with Crippen molar-refractivity contribution in [3.63, 3.8) is 0 Å². The van der Waals surface area contributed by atoms with E-state index in [2.05, 4.69) is 4.72 Å². The van der Waals surface area contributed by atoms with Gasteiger partial charge in [-0.25, -0.2) is 13.1 Å². The van der Waals surface area contributed by atoms with Crippen LogP contribution in [0.3, 0.4) is 0 Å². The van der Waals surface area contributed by atoms with E-state index in [-0.39, 0.29) is 31.6 Å². The molecule has 1 aromatic rings. The lowest BCUT2D eigenvalue weighted by Crippen LogP contribution is -2.35. The van der Waals surface area contributed by atoms with Crippen LogP contribution >= 0.6 is 0 Å². The molecule has 130 valence electrons. The number of benzene rings is 1. The molecule has 9 heteroatoms.